The molecule has 0 N–H and O–H groups in total. The van der Waals surface area contributed by atoms with E-state index in [-0.39, 0.29) is 11.6 Å². The number of hydrogen-bond donors (Lipinski definition) is 0. The summed E-state index contributed by atoms with van der Waals surface area (Å²) in [4.78, 5) is 26.8. The number of hydrogen-bond acceptors (Lipinski definition) is 4. The molecule has 0 atom stereocenters. The summed E-state index contributed by atoms with van der Waals surface area (Å²) in [6.07, 6.45) is 2.90. The Labute approximate surface area is 156 Å². The van der Waals surface area contributed by atoms with Gasteiger partial charge in [-0.1, -0.05) is 35.9 Å². The molecule has 1 amide bonds. The van der Waals surface area contributed by atoms with Gasteiger partial charge >= 0.3 is 0 Å². The Balaban J connectivity index is 1.63. The maximum Gasteiger partial charge on any atom is 0.276 e. The van der Waals surface area contributed by atoms with E-state index in [1.54, 1.807) is 23.1 Å². The van der Waals surface area contributed by atoms with Crippen LogP contribution in [0.3, 0.4) is 0 Å². The topological polar surface area (TPSA) is 66.7 Å². The smallest absolute Gasteiger partial charge is 0.276 e. The second-order valence-corrected chi connectivity index (χ2v) is 6.32. The summed E-state index contributed by atoms with van der Waals surface area (Å²) in [6, 6.07) is 14.0. The Morgan fingerprint density at radius 3 is 2.38 bits per heavy atom. The third-order valence-corrected chi connectivity index (χ3v) is 4.64. The number of nitro benzene ring substituents is 1. The van der Waals surface area contributed by atoms with Crippen molar-refractivity contribution in [3.05, 3.63) is 75.3 Å². The fourth-order valence-electron chi connectivity index (χ4n) is 2.94. The van der Waals surface area contributed by atoms with Crippen LogP contribution in [0.5, 0.6) is 0 Å². The van der Waals surface area contributed by atoms with Crippen molar-refractivity contribution in [2.24, 2.45) is 0 Å². The first-order chi connectivity index (χ1) is 12.6. The summed E-state index contributed by atoms with van der Waals surface area (Å²) in [5, 5.41) is 11.7. The van der Waals surface area contributed by atoms with E-state index in [9.17, 15) is 14.9 Å². The molecule has 1 heterocycles. The third-order valence-electron chi connectivity index (χ3n) is 4.32. The molecule has 134 valence electrons. The summed E-state index contributed by atoms with van der Waals surface area (Å²) >= 11 is 6.23. The molecule has 0 unspecified atom stereocenters. The highest BCUT2D eigenvalue weighted by atomic mass is 35.5. The van der Waals surface area contributed by atoms with E-state index < -0.39 is 4.92 Å². The minimum atomic E-state index is -0.452. The molecule has 7 heteroatoms. The van der Waals surface area contributed by atoms with Crippen molar-refractivity contribution in [2.45, 2.75) is 0 Å². The monoisotopic (exact) mass is 371 g/mol. The average molecular weight is 372 g/mol. The molecule has 0 saturated carbocycles. The Bertz CT molecular complexity index is 845. The SMILES string of the molecule is O=C(C=Cc1ccccc1[N+](=O)[O-])N1CCN(c2ccccc2Cl)CC1. The predicted molar refractivity (Wildman–Crippen MR) is 102 cm³/mol. The Hall–Kier alpha value is -2.86. The van der Waals surface area contributed by atoms with Crippen LogP contribution in [0, 0.1) is 10.1 Å². The quantitative estimate of drug-likeness (QED) is 0.468. The maximum absolute atomic E-state index is 12.4. The van der Waals surface area contributed by atoms with Crippen molar-refractivity contribution in [3.8, 4) is 0 Å². The number of piperazine rings is 1. The van der Waals surface area contributed by atoms with Crippen LogP contribution in [0.15, 0.2) is 54.6 Å². The maximum atomic E-state index is 12.4. The highest BCUT2D eigenvalue weighted by Crippen LogP contribution is 2.26. The molecule has 1 aliphatic heterocycles. The molecular formula is C19H18ClN3O3. The molecule has 0 radical (unpaired) electrons. The number of anilines is 1. The van der Waals surface area contributed by atoms with E-state index in [2.05, 4.69) is 4.90 Å². The summed E-state index contributed by atoms with van der Waals surface area (Å²) in [6.45, 7) is 2.53. The molecule has 2 aromatic carbocycles. The number of para-hydroxylation sites is 2. The lowest BCUT2D eigenvalue weighted by Gasteiger charge is -2.36. The van der Waals surface area contributed by atoms with Crippen LogP contribution in [0.2, 0.25) is 5.02 Å². The number of amides is 1. The molecule has 0 aromatic heterocycles. The Morgan fingerprint density at radius 2 is 1.69 bits per heavy atom. The normalized spacial score (nSPS) is 14.7. The number of nitro groups is 1. The first-order valence-corrected chi connectivity index (χ1v) is 8.64. The zero-order chi connectivity index (χ0) is 18.5. The Morgan fingerprint density at radius 1 is 1.04 bits per heavy atom. The lowest BCUT2D eigenvalue weighted by atomic mass is 10.1. The molecule has 3 rings (SSSR count). The van der Waals surface area contributed by atoms with Gasteiger partial charge in [-0.15, -0.1) is 0 Å². The van der Waals surface area contributed by atoms with Gasteiger partial charge in [0.05, 0.1) is 21.2 Å². The minimum absolute atomic E-state index is 0.0138. The highest BCUT2D eigenvalue weighted by Gasteiger charge is 2.21. The van der Waals surface area contributed by atoms with Gasteiger partial charge in [-0.05, 0) is 24.3 Å². The summed E-state index contributed by atoms with van der Waals surface area (Å²) in [7, 11) is 0. The van der Waals surface area contributed by atoms with E-state index in [1.165, 1.54) is 18.2 Å². The molecule has 1 saturated heterocycles. The number of carbonyl (C=O) groups is 1. The summed E-state index contributed by atoms with van der Waals surface area (Å²) in [5.74, 6) is -0.151. The highest BCUT2D eigenvalue weighted by molar-refractivity contribution is 6.33. The predicted octanol–water partition coefficient (Wildman–Crippen LogP) is 3.61. The van der Waals surface area contributed by atoms with Gasteiger partial charge in [0.2, 0.25) is 5.91 Å². The first-order valence-electron chi connectivity index (χ1n) is 8.26. The average Bonchev–Trinajstić information content (AvgIpc) is 2.67. The van der Waals surface area contributed by atoms with Crippen LogP contribution in [-0.4, -0.2) is 41.9 Å². The molecular weight excluding hydrogens is 354 g/mol. The summed E-state index contributed by atoms with van der Waals surface area (Å²) < 4.78 is 0. The first kappa shape index (κ1) is 17.9. The van der Waals surface area contributed by atoms with Crippen molar-refractivity contribution in [2.75, 3.05) is 31.1 Å². The van der Waals surface area contributed by atoms with Crippen molar-refractivity contribution < 1.29 is 9.72 Å². The lowest BCUT2D eigenvalue weighted by molar-refractivity contribution is -0.385. The molecule has 6 nitrogen and oxygen atoms in total. The molecule has 0 spiro atoms. The number of rotatable bonds is 4. The molecule has 1 aliphatic rings. The van der Waals surface area contributed by atoms with Crippen molar-refractivity contribution >= 4 is 35.0 Å². The van der Waals surface area contributed by atoms with Crippen molar-refractivity contribution in [3.63, 3.8) is 0 Å². The number of halogens is 1. The molecule has 2 aromatic rings. The van der Waals surface area contributed by atoms with Gasteiger partial charge in [-0.25, -0.2) is 0 Å². The minimum Gasteiger partial charge on any atom is -0.367 e. The van der Waals surface area contributed by atoms with Crippen LogP contribution < -0.4 is 4.90 Å². The number of carbonyl (C=O) groups excluding carboxylic acids is 1. The van der Waals surface area contributed by atoms with E-state index in [1.807, 2.05) is 24.3 Å². The van der Waals surface area contributed by atoms with Gasteiger partial charge in [0.25, 0.3) is 5.69 Å². The zero-order valence-corrected chi connectivity index (χ0v) is 14.8. The van der Waals surface area contributed by atoms with Gasteiger partial charge in [-0.3, -0.25) is 14.9 Å². The van der Waals surface area contributed by atoms with E-state index in [4.69, 9.17) is 11.6 Å². The fraction of sp³-hybridized carbons (Fsp3) is 0.211. The van der Waals surface area contributed by atoms with Gasteiger partial charge in [0, 0.05) is 38.3 Å². The van der Waals surface area contributed by atoms with Gasteiger partial charge in [0.1, 0.15) is 0 Å². The molecule has 0 bridgehead atoms. The zero-order valence-electron chi connectivity index (χ0n) is 14.0. The van der Waals surface area contributed by atoms with Crippen LogP contribution in [0.1, 0.15) is 5.56 Å². The van der Waals surface area contributed by atoms with Gasteiger partial charge in [-0.2, -0.15) is 0 Å². The largest absolute Gasteiger partial charge is 0.367 e. The van der Waals surface area contributed by atoms with E-state index >= 15 is 0 Å². The standard InChI is InChI=1S/C19H18ClN3O3/c20-16-6-2-4-8-18(16)21-11-13-22(14-12-21)19(24)10-9-15-5-1-3-7-17(15)23(25)26/h1-10H,11-14H2. The number of nitrogens with zero attached hydrogens (tertiary/aromatic N) is 3. The van der Waals surface area contributed by atoms with Crippen molar-refractivity contribution in [1.82, 2.24) is 4.90 Å². The number of benzene rings is 2. The molecule has 0 aliphatic carbocycles. The van der Waals surface area contributed by atoms with Crippen LogP contribution in [-0.2, 0) is 4.79 Å². The summed E-state index contributed by atoms with van der Waals surface area (Å²) in [5.41, 5.74) is 1.37. The third kappa shape index (κ3) is 4.03. The van der Waals surface area contributed by atoms with E-state index in [0.29, 0.717) is 36.8 Å². The van der Waals surface area contributed by atoms with Crippen LogP contribution >= 0.6 is 11.6 Å². The van der Waals surface area contributed by atoms with E-state index in [0.717, 1.165) is 5.69 Å². The van der Waals surface area contributed by atoms with Crippen LogP contribution in [0.4, 0.5) is 11.4 Å². The van der Waals surface area contributed by atoms with Crippen molar-refractivity contribution in [1.29, 1.82) is 0 Å². The second kappa shape index (κ2) is 8.01. The lowest BCUT2D eigenvalue weighted by Crippen LogP contribution is -2.48. The molecule has 26 heavy (non-hydrogen) atoms. The molecule has 1 fully saturated rings. The van der Waals surface area contributed by atoms with Crippen LogP contribution in [0.25, 0.3) is 6.08 Å². The Kier molecular flexibility index (Phi) is 5.53. The van der Waals surface area contributed by atoms with Gasteiger partial charge in [0.15, 0.2) is 0 Å². The van der Waals surface area contributed by atoms with Gasteiger partial charge < -0.3 is 9.80 Å². The second-order valence-electron chi connectivity index (χ2n) is 5.91. The fourth-order valence-corrected chi connectivity index (χ4v) is 3.19.